The normalized spacial score (nSPS) is 14.8. The van der Waals surface area contributed by atoms with Gasteiger partial charge >= 0.3 is 12.1 Å². The second-order valence-electron chi connectivity index (χ2n) is 29.1. The molecule has 7 rings (SSSR count). The molecule has 1 aliphatic rings. The van der Waals surface area contributed by atoms with Crippen molar-refractivity contribution >= 4 is 111 Å². The van der Waals surface area contributed by atoms with Gasteiger partial charge in [-0.1, -0.05) is 131 Å². The number of fused-ring (bicyclic) bond motifs is 1. The highest BCUT2D eigenvalue weighted by atomic mass is 35.5. The predicted octanol–water partition coefficient (Wildman–Crippen LogP) is 3.63. The molecule has 0 saturated carbocycles. The average molecular weight is 1620 g/mol. The number of nitrogens with zero attached hydrogens (tertiary/aromatic N) is 2. The topological polar surface area (TPSA) is 471 Å². The molecule has 15 amide bonds. The lowest BCUT2D eigenvalue weighted by molar-refractivity contribution is -0.142. The van der Waals surface area contributed by atoms with Crippen molar-refractivity contribution in [2.45, 2.75) is 191 Å². The summed E-state index contributed by atoms with van der Waals surface area (Å²) >= 11 is 6.29. The number of hydrogen-bond donors (Lipinski definition) is 16. The van der Waals surface area contributed by atoms with E-state index in [2.05, 4.69) is 79.7 Å². The molecule has 5 aromatic carbocycles. The van der Waals surface area contributed by atoms with Crippen LogP contribution >= 0.6 is 11.6 Å². The van der Waals surface area contributed by atoms with Crippen molar-refractivity contribution in [3.05, 3.63) is 173 Å². The Labute approximate surface area is 679 Å². The van der Waals surface area contributed by atoms with Crippen LogP contribution in [0.15, 0.2) is 140 Å². The highest BCUT2D eigenvalue weighted by molar-refractivity contribution is 6.30. The molecule has 1 saturated heterocycles. The first-order chi connectivity index (χ1) is 55.5. The van der Waals surface area contributed by atoms with Crippen molar-refractivity contribution in [1.29, 1.82) is 0 Å². The summed E-state index contributed by atoms with van der Waals surface area (Å²) in [6.07, 6.45) is 4.27. The van der Waals surface area contributed by atoms with Crippen molar-refractivity contribution in [3.63, 3.8) is 0 Å². The zero-order valence-electron chi connectivity index (χ0n) is 66.4. The largest absolute Gasteiger partial charge is 0.394 e. The number of anilines is 2. The van der Waals surface area contributed by atoms with Crippen LogP contribution in [0, 0.1) is 5.92 Å². The van der Waals surface area contributed by atoms with Crippen LogP contribution in [0.25, 0.3) is 10.8 Å². The minimum atomic E-state index is -1.89. The van der Waals surface area contributed by atoms with Crippen molar-refractivity contribution in [2.24, 2.45) is 11.7 Å². The molecule has 116 heavy (non-hydrogen) atoms. The number of nitrogens with one attached hydrogen (secondary N) is 14. The number of urea groups is 2. The number of nitrogens with two attached hydrogens (primary N) is 1. The van der Waals surface area contributed by atoms with Gasteiger partial charge in [0.2, 0.25) is 65.0 Å². The quantitative estimate of drug-likeness (QED) is 0.0192. The summed E-state index contributed by atoms with van der Waals surface area (Å²) in [7, 11) is 2.48. The smallest absolute Gasteiger partial charge is 0.343 e. The number of aliphatic hydroxyl groups is 1. The van der Waals surface area contributed by atoms with E-state index in [1.165, 1.54) is 74.8 Å². The van der Waals surface area contributed by atoms with E-state index in [0.29, 0.717) is 65.1 Å². The van der Waals surface area contributed by atoms with E-state index in [-0.39, 0.29) is 87.7 Å². The van der Waals surface area contributed by atoms with Crippen LogP contribution in [-0.4, -0.2) is 192 Å². The predicted molar refractivity (Wildman–Crippen MR) is 435 cm³/mol. The molecule has 6 aromatic rings. The number of primary amides is 1. The Morgan fingerprint density at radius 2 is 0.983 bits per heavy atom. The molecule has 34 heteroatoms. The molecule has 1 aromatic heterocycles. The van der Waals surface area contributed by atoms with Gasteiger partial charge in [0.25, 0.3) is 0 Å². The van der Waals surface area contributed by atoms with Crippen LogP contribution in [-0.2, 0) is 94.5 Å². The van der Waals surface area contributed by atoms with Crippen LogP contribution < -0.4 is 80.5 Å². The summed E-state index contributed by atoms with van der Waals surface area (Å²) in [6, 6.07) is 19.8. The van der Waals surface area contributed by atoms with Crippen LogP contribution in [0.5, 0.6) is 0 Å². The number of hydrogen-bond acceptors (Lipinski definition) is 18. The number of amides is 15. The molecule has 2 heterocycles. The zero-order chi connectivity index (χ0) is 84.4. The second kappa shape index (κ2) is 46.6. The van der Waals surface area contributed by atoms with Gasteiger partial charge in [0.1, 0.15) is 60.4 Å². The Balaban J connectivity index is 1.21. The number of likely N-dealkylation sites (tertiary alicyclic amines) is 1. The Morgan fingerprint density at radius 1 is 0.526 bits per heavy atom. The average Bonchev–Trinajstić information content (AvgIpc) is 1.54. The molecule has 0 unspecified atom stereocenters. The fourth-order valence-electron chi connectivity index (χ4n) is 13.0. The second-order valence-corrected chi connectivity index (χ2v) is 29.6. The Morgan fingerprint density at radius 3 is 1.47 bits per heavy atom. The molecule has 1 aliphatic heterocycles. The number of unbranched alkanes of at least 4 members (excludes halogenated alkanes) is 1. The number of pyridine rings is 1. The third-order valence-corrected chi connectivity index (χ3v) is 19.2. The number of aromatic nitrogens is 1. The number of benzene rings is 5. The highest BCUT2D eigenvalue weighted by Crippen LogP contribution is 2.23. The van der Waals surface area contributed by atoms with Crippen LogP contribution in [0.2, 0.25) is 5.02 Å². The maximum atomic E-state index is 15.4. The Hall–Kier alpha value is -11.6. The number of hydroxylamine groups is 2. The van der Waals surface area contributed by atoms with Crippen molar-refractivity contribution < 1.29 is 77.1 Å². The summed E-state index contributed by atoms with van der Waals surface area (Å²) in [6.45, 7) is 10.4. The molecule has 0 spiro atoms. The van der Waals surface area contributed by atoms with Crippen molar-refractivity contribution in [3.8, 4) is 0 Å². The third kappa shape index (κ3) is 30.0. The summed E-state index contributed by atoms with van der Waals surface area (Å²) in [5.74, 6) is -9.14. The van der Waals surface area contributed by atoms with Crippen LogP contribution in [0.3, 0.4) is 0 Å². The molecule has 33 nitrogen and oxygen atoms in total. The first-order valence-corrected chi connectivity index (χ1v) is 39.1. The number of carbonyl (C=O) groups is 13. The zero-order valence-corrected chi connectivity index (χ0v) is 67.2. The minimum absolute atomic E-state index is 0.00675. The lowest BCUT2D eigenvalue weighted by Gasteiger charge is -2.31. The van der Waals surface area contributed by atoms with Gasteiger partial charge in [-0.2, -0.15) is 0 Å². The summed E-state index contributed by atoms with van der Waals surface area (Å²) in [4.78, 5) is 199. The fraction of sp³-hybridized carbons (Fsp3) is 0.439. The SMILES string of the molecule is CCCC(=O)N[C@H](Cc1ccc2ccccc2c1)C(=O)N[C@H](Cc1ccc(Cl)cc1)C(=O)N[C@H](Cc1cccnc1)C(=O)N[C@@H](CO)C(=O)N[C@@H](Cc1ccc(NC(=O)NOC)cc1)C(=O)N[C@H](Cc1ccc(NC(=O)NOC)cc1)C(=O)N[C@@H](CC(C)C)C(=O)N[C@@H](CCCCNC(C)C)C(=O)N1CCC[C@H]1C(=O)N[C@H](C)C(N)=O. The molecule has 0 aliphatic carbocycles. The van der Waals surface area contributed by atoms with E-state index < -0.39 is 144 Å². The summed E-state index contributed by atoms with van der Waals surface area (Å²) < 4.78 is 0. The molecule has 0 radical (unpaired) electrons. The Bertz CT molecular complexity index is 4320. The van der Waals surface area contributed by atoms with Crippen molar-refractivity contribution in [2.75, 3.05) is 44.5 Å². The molecular formula is C82H108ClN17O16. The highest BCUT2D eigenvalue weighted by Gasteiger charge is 2.41. The van der Waals surface area contributed by atoms with Gasteiger partial charge in [-0.15, -0.1) is 0 Å². The van der Waals surface area contributed by atoms with Gasteiger partial charge in [0, 0.05) is 79.9 Å². The lowest BCUT2D eigenvalue weighted by atomic mass is 9.99. The molecule has 10 atom stereocenters. The standard InChI is InChI=1S/C82H108ClN17O16/c1-9-16-70(102)90-63(44-54-22-29-56-18-10-11-19-57(56)40-54)73(105)93-64(41-51-23-30-58(83)31-24-51)75(107)95-67(45-55-17-14-36-85-46-55)77(109)97-68(47-101)78(110)96-66(43-53-27-34-60(35-28-53)89-82(114)99-116-8)76(108)94-65(42-52-25-32-59(33-26-52)88-81(113)98-115-7)74(106)92-62(39-48(2)3)72(104)91-61(20-12-13-37-86-49(4)5)80(112)100-38-15-21-69(100)79(111)87-50(6)71(84)103/h10-11,14,17-19,22-36,40,46,48-50,61-69,86,101H,9,12-13,15-16,20-21,37-39,41-45,47H2,1-8H3,(H2,84,103)(H,87,111)(H,90,102)(H,91,104)(H,92,106)(H,93,105)(H,94,108)(H,95,107)(H,96,110)(H,97,109)(H2,88,98,113)(H2,89,99,114)/t50-,61+,62+,63-,64-,65-,66+,67-,68+,69+/m1/s1. The van der Waals surface area contributed by atoms with Crippen LogP contribution in [0.1, 0.15) is 121 Å². The van der Waals surface area contributed by atoms with E-state index in [1.54, 1.807) is 62.4 Å². The van der Waals surface area contributed by atoms with E-state index in [4.69, 9.17) is 27.0 Å². The molecule has 17 N–H and O–H groups in total. The maximum absolute atomic E-state index is 15.4. The first-order valence-electron chi connectivity index (χ1n) is 38.7. The number of halogens is 1. The van der Waals surface area contributed by atoms with Gasteiger partial charge in [-0.05, 0) is 145 Å². The van der Waals surface area contributed by atoms with Crippen molar-refractivity contribution in [1.82, 2.24) is 74.0 Å². The first kappa shape index (κ1) is 91.5. The van der Waals surface area contributed by atoms with E-state index in [9.17, 15) is 48.3 Å². The summed E-state index contributed by atoms with van der Waals surface area (Å²) in [5, 5.41) is 46.5. The van der Waals surface area contributed by atoms with Gasteiger partial charge in [0.05, 0.1) is 20.8 Å². The monoisotopic (exact) mass is 1620 g/mol. The number of rotatable bonds is 44. The third-order valence-electron chi connectivity index (χ3n) is 19.0. The molecule has 0 bridgehead atoms. The van der Waals surface area contributed by atoms with E-state index in [0.717, 1.165) is 10.8 Å². The summed E-state index contributed by atoms with van der Waals surface area (Å²) in [5.41, 5.74) is 12.7. The van der Waals surface area contributed by atoms with Gasteiger partial charge in [-0.3, -0.25) is 67.4 Å². The van der Waals surface area contributed by atoms with Gasteiger partial charge < -0.3 is 79.5 Å². The van der Waals surface area contributed by atoms with Gasteiger partial charge in [0.15, 0.2) is 0 Å². The molecule has 1 fully saturated rings. The van der Waals surface area contributed by atoms with E-state index in [1.807, 2.05) is 63.2 Å². The Kier molecular flexibility index (Phi) is 36.8. The van der Waals surface area contributed by atoms with Crippen LogP contribution in [0.4, 0.5) is 21.0 Å². The fourth-order valence-corrected chi connectivity index (χ4v) is 13.1. The lowest BCUT2D eigenvalue weighted by Crippen LogP contribution is -2.62. The molecule has 624 valence electrons. The minimum Gasteiger partial charge on any atom is -0.394 e. The maximum Gasteiger partial charge on any atom is 0.343 e. The number of carbonyl (C=O) groups excluding carboxylic acids is 13. The number of aliphatic hydroxyl groups excluding tert-OH is 1. The molecular weight excluding hydrogens is 1510 g/mol. The van der Waals surface area contributed by atoms with Gasteiger partial charge in [-0.25, -0.2) is 20.5 Å². The van der Waals surface area contributed by atoms with E-state index >= 15 is 19.2 Å².